The molecule has 0 fully saturated rings. The van der Waals surface area contributed by atoms with Crippen LogP contribution in [-0.4, -0.2) is 40.3 Å². The van der Waals surface area contributed by atoms with Crippen LogP contribution >= 0.6 is 11.3 Å². The molecule has 0 aromatic carbocycles. The number of amides is 1. The van der Waals surface area contributed by atoms with E-state index in [0.717, 1.165) is 24.3 Å². The Kier molecular flexibility index (Phi) is 4.90. The van der Waals surface area contributed by atoms with Gasteiger partial charge in [-0.2, -0.15) is 16.4 Å². The van der Waals surface area contributed by atoms with Crippen molar-refractivity contribution < 1.29 is 9.53 Å². The highest BCUT2D eigenvalue weighted by molar-refractivity contribution is 7.07. The molecule has 0 saturated carbocycles. The summed E-state index contributed by atoms with van der Waals surface area (Å²) in [4.78, 5) is 14.6. The highest BCUT2D eigenvalue weighted by atomic mass is 32.1. The van der Waals surface area contributed by atoms with E-state index in [4.69, 9.17) is 4.74 Å². The van der Waals surface area contributed by atoms with Crippen molar-refractivity contribution in [2.24, 2.45) is 5.92 Å². The Morgan fingerprint density at radius 2 is 2.36 bits per heavy atom. The normalized spacial score (nSPS) is 18.0. The lowest BCUT2D eigenvalue weighted by atomic mass is 10.1. The summed E-state index contributed by atoms with van der Waals surface area (Å²) in [6, 6.07) is 4.01. The van der Waals surface area contributed by atoms with E-state index in [1.165, 1.54) is 0 Å². The van der Waals surface area contributed by atoms with Crippen LogP contribution in [0.5, 0.6) is 0 Å². The number of hydrogen-bond donors (Lipinski definition) is 0. The van der Waals surface area contributed by atoms with E-state index in [0.29, 0.717) is 26.2 Å². The number of aromatic nitrogens is 2. The van der Waals surface area contributed by atoms with Crippen LogP contribution in [0.2, 0.25) is 0 Å². The molecule has 22 heavy (non-hydrogen) atoms. The average molecular weight is 319 g/mol. The average Bonchev–Trinajstić information content (AvgIpc) is 3.13. The van der Waals surface area contributed by atoms with Gasteiger partial charge in [0.1, 0.15) is 0 Å². The third kappa shape index (κ3) is 3.56. The van der Waals surface area contributed by atoms with Gasteiger partial charge in [-0.25, -0.2) is 0 Å². The molecule has 1 amide bonds. The SMILES string of the molecule is CCOCC1CN(C(=O)Cc2ccsc2)Cc2ccnn2C1. The molecule has 0 saturated heterocycles. The minimum absolute atomic E-state index is 0.176. The number of fused-ring (bicyclic) bond motifs is 1. The lowest BCUT2D eigenvalue weighted by Crippen LogP contribution is -2.36. The zero-order valence-electron chi connectivity index (χ0n) is 12.8. The van der Waals surface area contributed by atoms with E-state index in [-0.39, 0.29) is 11.8 Å². The number of hydrogen-bond acceptors (Lipinski definition) is 4. The lowest BCUT2D eigenvalue weighted by molar-refractivity contribution is -0.131. The summed E-state index contributed by atoms with van der Waals surface area (Å²) in [5, 5.41) is 8.42. The zero-order valence-corrected chi connectivity index (χ0v) is 13.6. The van der Waals surface area contributed by atoms with E-state index in [2.05, 4.69) is 5.10 Å². The van der Waals surface area contributed by atoms with Crippen molar-refractivity contribution in [3.63, 3.8) is 0 Å². The molecule has 0 N–H and O–H groups in total. The van der Waals surface area contributed by atoms with Crippen LogP contribution in [-0.2, 0) is 29.0 Å². The maximum absolute atomic E-state index is 12.6. The fourth-order valence-corrected chi connectivity index (χ4v) is 3.46. The maximum Gasteiger partial charge on any atom is 0.227 e. The first-order valence-corrected chi connectivity index (χ1v) is 8.57. The van der Waals surface area contributed by atoms with Crippen LogP contribution in [0.15, 0.2) is 29.1 Å². The second-order valence-electron chi connectivity index (χ2n) is 5.61. The predicted octanol–water partition coefficient (Wildman–Crippen LogP) is 2.18. The Balaban J connectivity index is 1.73. The van der Waals surface area contributed by atoms with Crippen molar-refractivity contribution in [3.8, 4) is 0 Å². The van der Waals surface area contributed by atoms with Crippen LogP contribution in [0.25, 0.3) is 0 Å². The minimum Gasteiger partial charge on any atom is -0.381 e. The maximum atomic E-state index is 12.6. The fourth-order valence-electron chi connectivity index (χ4n) is 2.79. The summed E-state index contributed by atoms with van der Waals surface area (Å²) in [7, 11) is 0. The molecule has 5 nitrogen and oxygen atoms in total. The third-order valence-electron chi connectivity index (χ3n) is 3.91. The molecule has 0 spiro atoms. The molecule has 1 aliphatic heterocycles. The van der Waals surface area contributed by atoms with Gasteiger partial charge in [-0.05, 0) is 35.4 Å². The van der Waals surface area contributed by atoms with Crippen LogP contribution in [0, 0.1) is 5.92 Å². The van der Waals surface area contributed by atoms with Gasteiger partial charge in [0, 0.05) is 31.8 Å². The van der Waals surface area contributed by atoms with E-state index >= 15 is 0 Å². The minimum atomic E-state index is 0.176. The number of carbonyl (C=O) groups excluding carboxylic acids is 1. The fraction of sp³-hybridized carbons (Fsp3) is 0.500. The first kappa shape index (κ1) is 15.2. The van der Waals surface area contributed by atoms with Gasteiger partial charge in [-0.15, -0.1) is 0 Å². The summed E-state index contributed by atoms with van der Waals surface area (Å²) < 4.78 is 7.58. The van der Waals surface area contributed by atoms with Gasteiger partial charge < -0.3 is 9.64 Å². The zero-order chi connectivity index (χ0) is 15.4. The number of rotatable bonds is 5. The highest BCUT2D eigenvalue weighted by Crippen LogP contribution is 2.18. The molecule has 0 aliphatic carbocycles. The van der Waals surface area contributed by atoms with Crippen LogP contribution < -0.4 is 0 Å². The molecule has 3 heterocycles. The van der Waals surface area contributed by atoms with E-state index in [1.54, 1.807) is 17.5 Å². The Hall–Kier alpha value is -1.66. The van der Waals surface area contributed by atoms with Crippen molar-refractivity contribution in [2.75, 3.05) is 19.8 Å². The van der Waals surface area contributed by atoms with Gasteiger partial charge in [0.2, 0.25) is 5.91 Å². The second kappa shape index (κ2) is 7.07. The quantitative estimate of drug-likeness (QED) is 0.849. The van der Waals surface area contributed by atoms with Crippen molar-refractivity contribution in [2.45, 2.75) is 26.4 Å². The number of nitrogens with zero attached hydrogens (tertiary/aromatic N) is 3. The summed E-state index contributed by atoms with van der Waals surface area (Å²) in [6.07, 6.45) is 2.28. The van der Waals surface area contributed by atoms with Crippen molar-refractivity contribution in [3.05, 3.63) is 40.3 Å². The van der Waals surface area contributed by atoms with Gasteiger partial charge in [0.05, 0.1) is 25.3 Å². The number of ether oxygens (including phenoxy) is 1. The molecule has 118 valence electrons. The molecule has 6 heteroatoms. The van der Waals surface area contributed by atoms with Gasteiger partial charge >= 0.3 is 0 Å². The molecule has 0 bridgehead atoms. The summed E-state index contributed by atoms with van der Waals surface area (Å²) in [6.45, 7) is 5.53. The van der Waals surface area contributed by atoms with E-state index < -0.39 is 0 Å². The van der Waals surface area contributed by atoms with Gasteiger partial charge in [-0.3, -0.25) is 9.48 Å². The summed E-state index contributed by atoms with van der Waals surface area (Å²) >= 11 is 1.63. The molecule has 1 aliphatic rings. The Morgan fingerprint density at radius 1 is 1.45 bits per heavy atom. The van der Waals surface area contributed by atoms with E-state index in [9.17, 15) is 4.79 Å². The highest BCUT2D eigenvalue weighted by Gasteiger charge is 2.25. The lowest BCUT2D eigenvalue weighted by Gasteiger charge is -2.24. The summed E-state index contributed by atoms with van der Waals surface area (Å²) in [5.41, 5.74) is 2.19. The molecule has 2 aromatic rings. The van der Waals surface area contributed by atoms with Crippen LogP contribution in [0.1, 0.15) is 18.2 Å². The van der Waals surface area contributed by atoms with Gasteiger partial charge in [0.15, 0.2) is 0 Å². The molecule has 3 rings (SSSR count). The molecule has 1 atom stereocenters. The second-order valence-corrected chi connectivity index (χ2v) is 6.39. The largest absolute Gasteiger partial charge is 0.381 e. The number of carbonyl (C=O) groups is 1. The Labute approximate surface area is 134 Å². The standard InChI is InChI=1S/C16H21N3O2S/c1-2-21-11-14-8-18(10-15-3-5-17-19(15)9-14)16(20)7-13-4-6-22-12-13/h3-6,12,14H,2,7-11H2,1H3. The first-order valence-electron chi connectivity index (χ1n) is 7.63. The third-order valence-corrected chi connectivity index (χ3v) is 4.64. The van der Waals surface area contributed by atoms with Crippen molar-refractivity contribution in [1.82, 2.24) is 14.7 Å². The molecular weight excluding hydrogens is 298 g/mol. The molecule has 1 unspecified atom stereocenters. The van der Waals surface area contributed by atoms with Crippen LogP contribution in [0.4, 0.5) is 0 Å². The van der Waals surface area contributed by atoms with Gasteiger partial charge in [-0.1, -0.05) is 0 Å². The molecule has 0 radical (unpaired) electrons. The predicted molar refractivity (Wildman–Crippen MR) is 85.7 cm³/mol. The smallest absolute Gasteiger partial charge is 0.227 e. The monoisotopic (exact) mass is 319 g/mol. The Morgan fingerprint density at radius 3 is 3.14 bits per heavy atom. The van der Waals surface area contributed by atoms with Crippen molar-refractivity contribution >= 4 is 17.2 Å². The Bertz CT molecular complexity index is 609. The van der Waals surface area contributed by atoms with Crippen molar-refractivity contribution in [1.29, 1.82) is 0 Å². The van der Waals surface area contributed by atoms with Gasteiger partial charge in [0.25, 0.3) is 0 Å². The molecular formula is C16H21N3O2S. The summed E-state index contributed by atoms with van der Waals surface area (Å²) in [5.74, 6) is 0.460. The number of thiophene rings is 1. The topological polar surface area (TPSA) is 47.4 Å². The molecule has 2 aromatic heterocycles. The van der Waals surface area contributed by atoms with Crippen LogP contribution in [0.3, 0.4) is 0 Å². The first-order chi connectivity index (χ1) is 10.8. The van der Waals surface area contributed by atoms with E-state index in [1.807, 2.05) is 39.4 Å².